The second-order valence-corrected chi connectivity index (χ2v) is 4.68. The van der Waals surface area contributed by atoms with Crippen LogP contribution in [-0.4, -0.2) is 24.0 Å². The van der Waals surface area contributed by atoms with Crippen LogP contribution in [0.4, 0.5) is 11.5 Å². The molecule has 0 unspecified atom stereocenters. The number of rotatable bonds is 6. The molecule has 0 bridgehead atoms. The van der Waals surface area contributed by atoms with Crippen LogP contribution in [0.1, 0.15) is 26.0 Å². The Balaban J connectivity index is 2.26. The first-order chi connectivity index (χ1) is 8.99. The summed E-state index contributed by atoms with van der Waals surface area (Å²) in [5.74, 6) is 0.656. The van der Waals surface area contributed by atoms with E-state index in [0.29, 0.717) is 18.1 Å². The molecule has 19 heavy (non-hydrogen) atoms. The molecule has 0 aliphatic carbocycles. The minimum atomic E-state index is -0.0480. The third-order valence-electron chi connectivity index (χ3n) is 2.43. The van der Waals surface area contributed by atoms with Gasteiger partial charge in [0.05, 0.1) is 5.69 Å². The third-order valence-corrected chi connectivity index (χ3v) is 2.43. The van der Waals surface area contributed by atoms with Crippen LogP contribution in [0.25, 0.3) is 0 Å². The quantitative estimate of drug-likeness (QED) is 0.540. The molecule has 1 amide bonds. The van der Waals surface area contributed by atoms with Crippen LogP contribution in [-0.2, 0) is 4.79 Å². The number of hydrogen-bond acceptors (Lipinski definition) is 4. The van der Waals surface area contributed by atoms with Gasteiger partial charge in [0, 0.05) is 24.9 Å². The second kappa shape index (κ2) is 7.41. The van der Waals surface area contributed by atoms with Crippen molar-refractivity contribution in [2.24, 2.45) is 0 Å². The molecule has 4 N–H and O–H groups in total. The number of pyridine rings is 1. The fraction of sp³-hybridized carbons (Fsp3) is 0.429. The molecule has 0 saturated heterocycles. The van der Waals surface area contributed by atoms with Gasteiger partial charge in [0.1, 0.15) is 5.82 Å². The average Bonchev–Trinajstić information content (AvgIpc) is 2.32. The summed E-state index contributed by atoms with van der Waals surface area (Å²) in [6, 6.07) is 3.71. The van der Waals surface area contributed by atoms with E-state index in [2.05, 4.69) is 15.6 Å². The summed E-state index contributed by atoms with van der Waals surface area (Å²) in [7, 11) is 0. The Morgan fingerprint density at radius 1 is 1.37 bits per heavy atom. The molecule has 0 fully saturated rings. The minimum Gasteiger partial charge on any atom is -0.396 e. The van der Waals surface area contributed by atoms with Crippen LogP contribution in [0.3, 0.4) is 0 Å². The van der Waals surface area contributed by atoms with Gasteiger partial charge in [-0.25, -0.2) is 4.98 Å². The van der Waals surface area contributed by atoms with Crippen LogP contribution in [0.15, 0.2) is 23.8 Å². The molecule has 5 heteroatoms. The van der Waals surface area contributed by atoms with E-state index >= 15 is 0 Å². The summed E-state index contributed by atoms with van der Waals surface area (Å²) in [6.07, 6.45) is 2.41. The maximum Gasteiger partial charge on any atom is 0.243 e. The number of aryl methyl sites for hydroxylation is 1. The van der Waals surface area contributed by atoms with Crippen molar-refractivity contribution in [3.63, 3.8) is 0 Å². The Morgan fingerprint density at radius 2 is 2.11 bits per heavy atom. The van der Waals surface area contributed by atoms with Gasteiger partial charge in [-0.15, -0.1) is 0 Å². The molecule has 0 radical (unpaired) electrons. The molecule has 5 nitrogen and oxygen atoms in total. The van der Waals surface area contributed by atoms with Crippen molar-refractivity contribution in [3.8, 4) is 0 Å². The zero-order valence-electron chi connectivity index (χ0n) is 11.8. The van der Waals surface area contributed by atoms with Crippen LogP contribution in [0, 0.1) is 6.92 Å². The highest BCUT2D eigenvalue weighted by Crippen LogP contribution is 2.14. The van der Waals surface area contributed by atoms with Crippen molar-refractivity contribution in [3.05, 3.63) is 29.5 Å². The summed E-state index contributed by atoms with van der Waals surface area (Å²) in [4.78, 5) is 15.7. The van der Waals surface area contributed by atoms with Crippen LogP contribution >= 0.6 is 0 Å². The zero-order chi connectivity index (χ0) is 14.3. The van der Waals surface area contributed by atoms with E-state index in [-0.39, 0.29) is 5.91 Å². The highest BCUT2D eigenvalue weighted by Gasteiger charge is 2.00. The topological polar surface area (TPSA) is 80.0 Å². The lowest BCUT2D eigenvalue weighted by Gasteiger charge is -2.09. The monoisotopic (exact) mass is 262 g/mol. The molecule has 0 aliphatic heterocycles. The van der Waals surface area contributed by atoms with Gasteiger partial charge in [0.25, 0.3) is 0 Å². The molecule has 0 aliphatic rings. The van der Waals surface area contributed by atoms with Crippen molar-refractivity contribution in [2.45, 2.75) is 27.2 Å². The smallest absolute Gasteiger partial charge is 0.243 e. The number of hydrogen-bond donors (Lipinski definition) is 3. The summed E-state index contributed by atoms with van der Waals surface area (Å²) in [5.41, 5.74) is 8.36. The summed E-state index contributed by atoms with van der Waals surface area (Å²) < 4.78 is 0. The van der Waals surface area contributed by atoms with Crippen LogP contribution < -0.4 is 16.4 Å². The maximum atomic E-state index is 11.3. The van der Waals surface area contributed by atoms with Crippen LogP contribution in [0.5, 0.6) is 0 Å². The van der Waals surface area contributed by atoms with E-state index in [0.717, 1.165) is 24.2 Å². The van der Waals surface area contributed by atoms with E-state index in [1.165, 1.54) is 0 Å². The normalized spacial score (nSPS) is 9.84. The van der Waals surface area contributed by atoms with E-state index in [9.17, 15) is 4.79 Å². The van der Waals surface area contributed by atoms with E-state index < -0.39 is 0 Å². The van der Waals surface area contributed by atoms with E-state index in [1.807, 2.05) is 32.9 Å². The van der Waals surface area contributed by atoms with E-state index in [4.69, 9.17) is 5.73 Å². The summed E-state index contributed by atoms with van der Waals surface area (Å²) >= 11 is 0. The summed E-state index contributed by atoms with van der Waals surface area (Å²) in [5, 5.41) is 5.98. The number of amides is 1. The van der Waals surface area contributed by atoms with Crippen molar-refractivity contribution in [2.75, 3.05) is 24.1 Å². The Morgan fingerprint density at radius 3 is 2.79 bits per heavy atom. The van der Waals surface area contributed by atoms with Crippen LogP contribution in [0.2, 0.25) is 0 Å². The number of nitrogens with two attached hydrogens (primary N) is 1. The fourth-order valence-corrected chi connectivity index (χ4v) is 1.53. The molecular weight excluding hydrogens is 240 g/mol. The molecule has 104 valence electrons. The first-order valence-corrected chi connectivity index (χ1v) is 6.39. The average molecular weight is 262 g/mol. The Kier molecular flexibility index (Phi) is 5.85. The largest absolute Gasteiger partial charge is 0.396 e. The standard InChI is InChI=1S/C14H22N4O/c1-10(2)9-13(19)16-7-4-8-17-14-12(15)6-5-11(3)18-14/h5-6,9H,4,7-8,15H2,1-3H3,(H,16,19)(H,17,18). The number of allylic oxidation sites excluding steroid dienone is 1. The Hall–Kier alpha value is -2.04. The number of nitrogens with one attached hydrogen (secondary N) is 2. The van der Waals surface area contributed by atoms with Crippen molar-refractivity contribution >= 4 is 17.4 Å². The molecule has 0 saturated carbocycles. The first kappa shape index (κ1) is 15.0. The lowest BCUT2D eigenvalue weighted by atomic mass is 10.3. The second-order valence-electron chi connectivity index (χ2n) is 4.68. The lowest BCUT2D eigenvalue weighted by Crippen LogP contribution is -2.24. The van der Waals surface area contributed by atoms with Crippen molar-refractivity contribution in [1.82, 2.24) is 10.3 Å². The van der Waals surface area contributed by atoms with Gasteiger partial charge in [-0.2, -0.15) is 0 Å². The number of nitrogens with zero attached hydrogens (tertiary/aromatic N) is 1. The highest BCUT2D eigenvalue weighted by molar-refractivity contribution is 5.87. The number of carbonyl (C=O) groups excluding carboxylic acids is 1. The Bertz CT molecular complexity index is 465. The number of carbonyl (C=O) groups is 1. The fourth-order valence-electron chi connectivity index (χ4n) is 1.53. The number of aromatic nitrogens is 1. The van der Waals surface area contributed by atoms with Gasteiger partial charge in [-0.1, -0.05) is 5.57 Å². The van der Waals surface area contributed by atoms with Gasteiger partial charge in [0.15, 0.2) is 0 Å². The van der Waals surface area contributed by atoms with Gasteiger partial charge in [0.2, 0.25) is 5.91 Å². The molecule has 1 heterocycles. The molecule has 1 aromatic heterocycles. The van der Waals surface area contributed by atoms with Gasteiger partial charge in [-0.3, -0.25) is 4.79 Å². The van der Waals surface area contributed by atoms with Crippen molar-refractivity contribution in [1.29, 1.82) is 0 Å². The van der Waals surface area contributed by atoms with Crippen molar-refractivity contribution < 1.29 is 4.79 Å². The number of anilines is 2. The SMILES string of the molecule is CC(C)=CC(=O)NCCCNc1nc(C)ccc1N. The molecule has 1 rings (SSSR count). The Labute approximate surface area is 114 Å². The molecule has 0 atom stereocenters. The molecule has 1 aromatic rings. The van der Waals surface area contributed by atoms with E-state index in [1.54, 1.807) is 6.08 Å². The highest BCUT2D eigenvalue weighted by atomic mass is 16.1. The minimum absolute atomic E-state index is 0.0480. The molecule has 0 spiro atoms. The third kappa shape index (κ3) is 5.90. The van der Waals surface area contributed by atoms with Gasteiger partial charge < -0.3 is 16.4 Å². The summed E-state index contributed by atoms with van der Waals surface area (Å²) in [6.45, 7) is 7.06. The van der Waals surface area contributed by atoms with Gasteiger partial charge >= 0.3 is 0 Å². The molecular formula is C14H22N4O. The molecule has 0 aromatic carbocycles. The first-order valence-electron chi connectivity index (χ1n) is 6.39. The van der Waals surface area contributed by atoms with Gasteiger partial charge in [-0.05, 0) is 39.3 Å². The number of nitrogen functional groups attached to an aromatic ring is 1. The predicted molar refractivity (Wildman–Crippen MR) is 78.9 cm³/mol. The zero-order valence-corrected chi connectivity index (χ0v) is 11.8. The predicted octanol–water partition coefficient (Wildman–Crippen LogP) is 1.86. The maximum absolute atomic E-state index is 11.3. The lowest BCUT2D eigenvalue weighted by molar-refractivity contribution is -0.116.